The highest BCUT2D eigenvalue weighted by atomic mass is 32.2. The van der Waals surface area contributed by atoms with Crippen LogP contribution < -0.4 is 15.0 Å². The van der Waals surface area contributed by atoms with E-state index in [1.165, 1.54) is 7.11 Å². The van der Waals surface area contributed by atoms with E-state index in [1.807, 2.05) is 30.3 Å². The van der Waals surface area contributed by atoms with Gasteiger partial charge in [-0.25, -0.2) is 8.42 Å². The fourth-order valence-electron chi connectivity index (χ4n) is 3.52. The van der Waals surface area contributed by atoms with Crippen LogP contribution in [-0.4, -0.2) is 46.2 Å². The SMILES string of the molecule is COc1ccccc1N1CC(C(=O)NCCCS(=O)(=O)Cc2ccccc2)CC1=O. The molecule has 0 saturated carbocycles. The van der Waals surface area contributed by atoms with Crippen molar-refractivity contribution in [1.29, 1.82) is 0 Å². The van der Waals surface area contributed by atoms with Gasteiger partial charge in [0.1, 0.15) is 5.75 Å². The molecule has 1 fully saturated rings. The van der Waals surface area contributed by atoms with Gasteiger partial charge in [0, 0.05) is 19.5 Å². The molecule has 0 bridgehead atoms. The Bertz CT molecular complexity index is 992. The van der Waals surface area contributed by atoms with Gasteiger partial charge in [0.25, 0.3) is 0 Å². The van der Waals surface area contributed by atoms with Crippen molar-refractivity contribution >= 4 is 27.3 Å². The van der Waals surface area contributed by atoms with Crippen molar-refractivity contribution < 1.29 is 22.7 Å². The second kappa shape index (κ2) is 9.75. The van der Waals surface area contributed by atoms with Crippen molar-refractivity contribution in [2.75, 3.05) is 30.9 Å². The molecule has 1 saturated heterocycles. The van der Waals surface area contributed by atoms with Gasteiger partial charge in [-0.1, -0.05) is 42.5 Å². The second-order valence-corrected chi connectivity index (χ2v) is 9.48. The van der Waals surface area contributed by atoms with Gasteiger partial charge in [0.15, 0.2) is 9.84 Å². The Morgan fingerprint density at radius 1 is 1.13 bits per heavy atom. The first-order valence-electron chi connectivity index (χ1n) is 9.85. The average molecular weight is 431 g/mol. The zero-order valence-corrected chi connectivity index (χ0v) is 17.7. The summed E-state index contributed by atoms with van der Waals surface area (Å²) in [4.78, 5) is 26.4. The molecule has 160 valence electrons. The molecule has 7 nitrogen and oxygen atoms in total. The summed E-state index contributed by atoms with van der Waals surface area (Å²) in [5.41, 5.74) is 1.40. The summed E-state index contributed by atoms with van der Waals surface area (Å²) < 4.78 is 29.8. The number of hydrogen-bond acceptors (Lipinski definition) is 5. The van der Waals surface area contributed by atoms with Gasteiger partial charge in [-0.15, -0.1) is 0 Å². The summed E-state index contributed by atoms with van der Waals surface area (Å²) in [5, 5.41) is 2.77. The summed E-state index contributed by atoms with van der Waals surface area (Å²) in [5.74, 6) is -0.267. The first-order valence-corrected chi connectivity index (χ1v) is 11.7. The molecule has 0 radical (unpaired) electrons. The Kier molecular flexibility index (Phi) is 7.10. The predicted octanol–water partition coefficient (Wildman–Crippen LogP) is 2.17. The third-order valence-electron chi connectivity index (χ3n) is 5.03. The van der Waals surface area contributed by atoms with Gasteiger partial charge in [0.05, 0.1) is 30.2 Å². The molecule has 8 heteroatoms. The fraction of sp³-hybridized carbons (Fsp3) is 0.364. The number of para-hydroxylation sites is 2. The van der Waals surface area contributed by atoms with Crippen LogP contribution in [0.25, 0.3) is 0 Å². The van der Waals surface area contributed by atoms with Crippen LogP contribution in [0.1, 0.15) is 18.4 Å². The lowest BCUT2D eigenvalue weighted by Gasteiger charge is -2.19. The molecule has 1 aliphatic rings. The molecular weight excluding hydrogens is 404 g/mol. The lowest BCUT2D eigenvalue weighted by molar-refractivity contribution is -0.126. The van der Waals surface area contributed by atoms with Gasteiger partial charge in [-0.3, -0.25) is 9.59 Å². The van der Waals surface area contributed by atoms with Crippen molar-refractivity contribution in [3.8, 4) is 5.75 Å². The number of nitrogens with zero attached hydrogens (tertiary/aromatic N) is 1. The van der Waals surface area contributed by atoms with Gasteiger partial charge in [-0.05, 0) is 24.1 Å². The van der Waals surface area contributed by atoms with Crippen molar-refractivity contribution in [2.45, 2.75) is 18.6 Å². The molecule has 1 N–H and O–H groups in total. The molecule has 2 amide bonds. The maximum Gasteiger partial charge on any atom is 0.227 e. The molecule has 3 rings (SSSR count). The number of benzene rings is 2. The van der Waals surface area contributed by atoms with E-state index < -0.39 is 15.8 Å². The topological polar surface area (TPSA) is 92.8 Å². The van der Waals surface area contributed by atoms with Crippen molar-refractivity contribution in [3.05, 3.63) is 60.2 Å². The Balaban J connectivity index is 1.47. The van der Waals surface area contributed by atoms with Crippen LogP contribution in [0.2, 0.25) is 0 Å². The fourth-order valence-corrected chi connectivity index (χ4v) is 4.95. The summed E-state index contributed by atoms with van der Waals surface area (Å²) >= 11 is 0. The summed E-state index contributed by atoms with van der Waals surface area (Å²) in [6, 6.07) is 16.2. The number of carbonyl (C=O) groups is 2. The van der Waals surface area contributed by atoms with E-state index in [0.717, 1.165) is 5.56 Å². The normalized spacial score (nSPS) is 16.5. The zero-order valence-electron chi connectivity index (χ0n) is 16.9. The van der Waals surface area contributed by atoms with Crippen molar-refractivity contribution in [3.63, 3.8) is 0 Å². The number of carbonyl (C=O) groups excluding carboxylic acids is 2. The summed E-state index contributed by atoms with van der Waals surface area (Å²) in [6.45, 7) is 0.531. The number of anilines is 1. The van der Waals surface area contributed by atoms with Crippen molar-refractivity contribution in [2.24, 2.45) is 5.92 Å². The quantitative estimate of drug-likeness (QED) is 0.616. The number of sulfone groups is 1. The van der Waals surface area contributed by atoms with Crippen molar-refractivity contribution in [1.82, 2.24) is 5.32 Å². The smallest absolute Gasteiger partial charge is 0.227 e. The first kappa shape index (κ1) is 21.8. The third-order valence-corrected chi connectivity index (χ3v) is 6.72. The Morgan fingerprint density at radius 3 is 2.57 bits per heavy atom. The number of amides is 2. The number of ether oxygens (including phenoxy) is 1. The van der Waals surface area contributed by atoms with E-state index in [2.05, 4.69) is 5.32 Å². The number of rotatable bonds is 9. The zero-order chi connectivity index (χ0) is 21.6. The highest BCUT2D eigenvalue weighted by molar-refractivity contribution is 7.90. The van der Waals surface area contributed by atoms with Crippen LogP contribution in [0.4, 0.5) is 5.69 Å². The monoisotopic (exact) mass is 430 g/mol. The number of methoxy groups -OCH3 is 1. The minimum Gasteiger partial charge on any atom is -0.495 e. The second-order valence-electron chi connectivity index (χ2n) is 7.30. The van der Waals surface area contributed by atoms with Gasteiger partial charge < -0.3 is 15.0 Å². The molecule has 1 atom stereocenters. The van der Waals surface area contributed by atoms with E-state index in [-0.39, 0.29) is 42.8 Å². The first-order chi connectivity index (χ1) is 14.4. The van der Waals surface area contributed by atoms with Crippen LogP contribution in [0.5, 0.6) is 5.75 Å². The lowest BCUT2D eigenvalue weighted by Crippen LogP contribution is -2.34. The van der Waals surface area contributed by atoms with Gasteiger partial charge >= 0.3 is 0 Å². The summed E-state index contributed by atoms with van der Waals surface area (Å²) in [6.07, 6.45) is 0.452. The molecule has 1 heterocycles. The molecule has 0 spiro atoms. The maximum absolute atomic E-state index is 12.5. The van der Waals surface area contributed by atoms with E-state index in [9.17, 15) is 18.0 Å². The van der Waals surface area contributed by atoms with Crippen LogP contribution in [0.15, 0.2) is 54.6 Å². The van der Waals surface area contributed by atoms with Crippen LogP contribution in [0, 0.1) is 5.92 Å². The van der Waals surface area contributed by atoms with E-state index in [0.29, 0.717) is 17.9 Å². The standard InChI is InChI=1S/C22H26N2O5S/c1-29-20-11-6-5-10-19(20)24-15-18(14-21(24)25)22(26)23-12-7-13-30(27,28)16-17-8-3-2-4-9-17/h2-6,8-11,18H,7,12-16H2,1H3,(H,23,26). The van der Waals surface area contributed by atoms with E-state index in [1.54, 1.807) is 29.2 Å². The molecule has 1 unspecified atom stereocenters. The van der Waals surface area contributed by atoms with E-state index in [4.69, 9.17) is 4.74 Å². The molecule has 2 aromatic rings. The predicted molar refractivity (Wildman–Crippen MR) is 115 cm³/mol. The van der Waals surface area contributed by atoms with Gasteiger partial charge in [0.2, 0.25) is 11.8 Å². The largest absolute Gasteiger partial charge is 0.495 e. The Labute approximate surface area is 177 Å². The molecule has 1 aliphatic heterocycles. The lowest BCUT2D eigenvalue weighted by atomic mass is 10.1. The minimum absolute atomic E-state index is 0.000882. The molecule has 0 aliphatic carbocycles. The highest BCUT2D eigenvalue weighted by Crippen LogP contribution is 2.32. The summed E-state index contributed by atoms with van der Waals surface area (Å²) in [7, 11) is -1.70. The van der Waals surface area contributed by atoms with E-state index >= 15 is 0 Å². The molecular formula is C22H26N2O5S. The maximum atomic E-state index is 12.5. The van der Waals surface area contributed by atoms with Crippen LogP contribution >= 0.6 is 0 Å². The van der Waals surface area contributed by atoms with Gasteiger partial charge in [-0.2, -0.15) is 0 Å². The molecule has 0 aromatic heterocycles. The Hall–Kier alpha value is -2.87. The highest BCUT2D eigenvalue weighted by Gasteiger charge is 2.36. The van der Waals surface area contributed by atoms with Crippen LogP contribution in [-0.2, 0) is 25.2 Å². The molecule has 2 aromatic carbocycles. The minimum atomic E-state index is -3.24. The third kappa shape index (κ3) is 5.60. The molecule has 30 heavy (non-hydrogen) atoms. The van der Waals surface area contributed by atoms with Crippen LogP contribution in [0.3, 0.4) is 0 Å². The Morgan fingerprint density at radius 2 is 1.83 bits per heavy atom. The number of hydrogen-bond donors (Lipinski definition) is 1. The number of nitrogens with one attached hydrogen (secondary N) is 1. The average Bonchev–Trinajstić information content (AvgIpc) is 3.13.